The van der Waals surface area contributed by atoms with E-state index >= 15 is 0 Å². The van der Waals surface area contributed by atoms with Gasteiger partial charge in [0.1, 0.15) is 5.78 Å². The van der Waals surface area contributed by atoms with E-state index < -0.39 is 5.60 Å². The highest BCUT2D eigenvalue weighted by Crippen LogP contribution is 2.65. The maximum Gasteiger partial charge on any atom is 0.133 e. The summed E-state index contributed by atoms with van der Waals surface area (Å²) in [5.74, 6) is 5.54. The molecule has 4 saturated carbocycles. The summed E-state index contributed by atoms with van der Waals surface area (Å²) < 4.78 is 0. The molecule has 9 atom stereocenters. The Morgan fingerprint density at radius 2 is 1.62 bits per heavy atom. The minimum absolute atomic E-state index is 0.277. The molecule has 4 aliphatic rings. The van der Waals surface area contributed by atoms with Gasteiger partial charge >= 0.3 is 0 Å². The number of carbonyl (C=O) groups is 1. The van der Waals surface area contributed by atoms with Crippen LogP contribution in [0.2, 0.25) is 0 Å². The van der Waals surface area contributed by atoms with Gasteiger partial charge in [0.15, 0.2) is 0 Å². The lowest BCUT2D eigenvalue weighted by atomic mass is 9.47. The SMILES string of the molecule is CC(=O)[C@H]1CC[C@H]2[C@@H]3C[C@@H](C)[C@@H]4C[C@@](C)(O)CC[C@@H]4[C@H]3CC[C@]12C. The molecule has 4 fully saturated rings. The molecule has 0 saturated heterocycles. The quantitative estimate of drug-likeness (QED) is 0.746. The topological polar surface area (TPSA) is 37.3 Å². The number of rotatable bonds is 1. The van der Waals surface area contributed by atoms with Crippen molar-refractivity contribution in [2.45, 2.75) is 84.7 Å². The van der Waals surface area contributed by atoms with Crippen LogP contribution in [-0.4, -0.2) is 16.5 Å². The Morgan fingerprint density at radius 3 is 2.33 bits per heavy atom. The third-order valence-electron chi connectivity index (χ3n) is 9.15. The summed E-state index contributed by atoms with van der Waals surface area (Å²) in [6.07, 6.45) is 9.58. The van der Waals surface area contributed by atoms with Crippen molar-refractivity contribution in [3.8, 4) is 0 Å². The second kappa shape index (κ2) is 5.56. The Kier molecular flexibility index (Phi) is 3.95. The van der Waals surface area contributed by atoms with Crippen LogP contribution >= 0.6 is 0 Å². The molecule has 4 aliphatic carbocycles. The number of fused-ring (bicyclic) bond motifs is 5. The van der Waals surface area contributed by atoms with Crippen molar-refractivity contribution in [1.29, 1.82) is 0 Å². The summed E-state index contributed by atoms with van der Waals surface area (Å²) in [7, 11) is 0. The highest BCUT2D eigenvalue weighted by molar-refractivity contribution is 5.79. The lowest BCUT2D eigenvalue weighted by Crippen LogP contribution is -2.53. The molecule has 1 N–H and O–H groups in total. The van der Waals surface area contributed by atoms with E-state index in [2.05, 4.69) is 13.8 Å². The maximum absolute atomic E-state index is 12.2. The van der Waals surface area contributed by atoms with Crippen LogP contribution in [-0.2, 0) is 4.79 Å². The van der Waals surface area contributed by atoms with E-state index in [1.807, 2.05) is 13.8 Å². The van der Waals surface area contributed by atoms with Crippen LogP contribution in [0.4, 0.5) is 0 Å². The van der Waals surface area contributed by atoms with Gasteiger partial charge in [0.25, 0.3) is 0 Å². The van der Waals surface area contributed by atoms with Gasteiger partial charge in [-0.1, -0.05) is 13.8 Å². The normalized spacial score (nSPS) is 57.0. The average molecular weight is 333 g/mol. The number of Topliss-reactive ketones (excluding diaryl/α,β-unsaturated/α-hetero) is 1. The van der Waals surface area contributed by atoms with Crippen molar-refractivity contribution >= 4 is 5.78 Å². The van der Waals surface area contributed by atoms with Crippen LogP contribution in [0.25, 0.3) is 0 Å². The standard InChI is InChI=1S/C22H36O2/c1-13-11-17-15(16-7-9-21(3,24)12-18(13)16)8-10-22(4)19(14(2)23)5-6-20(17)22/h13,15-20,24H,5-12H2,1-4H3/t13-,15-,16-,17-,18+,19-,20+,21+,22-/m1/s1. The molecule has 0 unspecified atom stereocenters. The van der Waals surface area contributed by atoms with Gasteiger partial charge < -0.3 is 5.11 Å². The van der Waals surface area contributed by atoms with Crippen LogP contribution < -0.4 is 0 Å². The van der Waals surface area contributed by atoms with Gasteiger partial charge in [0.05, 0.1) is 5.60 Å². The smallest absolute Gasteiger partial charge is 0.133 e. The molecule has 24 heavy (non-hydrogen) atoms. The van der Waals surface area contributed by atoms with Gasteiger partial charge in [0.2, 0.25) is 0 Å². The molecule has 136 valence electrons. The highest BCUT2D eigenvalue weighted by Gasteiger charge is 2.59. The number of ketones is 1. The van der Waals surface area contributed by atoms with Crippen LogP contribution in [0.15, 0.2) is 0 Å². The Morgan fingerprint density at radius 1 is 0.958 bits per heavy atom. The third kappa shape index (κ3) is 2.42. The third-order valence-corrected chi connectivity index (χ3v) is 9.15. The van der Waals surface area contributed by atoms with Crippen molar-refractivity contribution in [2.24, 2.45) is 46.8 Å². The Bertz CT molecular complexity index is 524. The van der Waals surface area contributed by atoms with Crippen LogP contribution in [0.1, 0.15) is 79.1 Å². The molecule has 0 aromatic rings. The molecule has 0 aromatic heterocycles. The Hall–Kier alpha value is -0.370. The zero-order chi connectivity index (χ0) is 17.3. The first kappa shape index (κ1) is 17.1. The van der Waals surface area contributed by atoms with Gasteiger partial charge in [-0.3, -0.25) is 4.79 Å². The summed E-state index contributed by atoms with van der Waals surface area (Å²) >= 11 is 0. The monoisotopic (exact) mass is 332 g/mol. The van der Waals surface area contributed by atoms with E-state index in [1.54, 1.807) is 0 Å². The molecular formula is C22H36O2. The fourth-order valence-corrected chi connectivity index (χ4v) is 8.07. The van der Waals surface area contributed by atoms with Gasteiger partial charge in [-0.25, -0.2) is 0 Å². The van der Waals surface area contributed by atoms with Crippen molar-refractivity contribution < 1.29 is 9.90 Å². The van der Waals surface area contributed by atoms with Crippen molar-refractivity contribution in [3.05, 3.63) is 0 Å². The van der Waals surface area contributed by atoms with Crippen LogP contribution in [0.3, 0.4) is 0 Å². The van der Waals surface area contributed by atoms with Crippen LogP contribution in [0, 0.1) is 46.8 Å². The summed E-state index contributed by atoms with van der Waals surface area (Å²) in [5, 5.41) is 10.6. The zero-order valence-electron chi connectivity index (χ0n) is 16.1. The number of carbonyl (C=O) groups excluding carboxylic acids is 1. The second-order valence-electron chi connectivity index (χ2n) is 10.5. The molecule has 0 heterocycles. The van der Waals surface area contributed by atoms with E-state index in [0.29, 0.717) is 11.7 Å². The second-order valence-corrected chi connectivity index (χ2v) is 10.5. The molecule has 0 radical (unpaired) electrons. The molecule has 0 aliphatic heterocycles. The zero-order valence-corrected chi connectivity index (χ0v) is 16.1. The van der Waals surface area contributed by atoms with E-state index in [9.17, 15) is 9.90 Å². The summed E-state index contributed by atoms with van der Waals surface area (Å²) in [5.41, 5.74) is -0.155. The van der Waals surface area contributed by atoms with Gasteiger partial charge in [0, 0.05) is 5.92 Å². The summed E-state index contributed by atoms with van der Waals surface area (Å²) in [6.45, 7) is 8.76. The maximum atomic E-state index is 12.2. The van der Waals surface area contributed by atoms with Crippen molar-refractivity contribution in [3.63, 3.8) is 0 Å². The first-order valence-electron chi connectivity index (χ1n) is 10.5. The molecule has 0 amide bonds. The van der Waals surface area contributed by atoms with Gasteiger partial charge in [-0.05, 0) is 106 Å². The highest BCUT2D eigenvalue weighted by atomic mass is 16.3. The first-order chi connectivity index (χ1) is 11.2. The fraction of sp³-hybridized carbons (Fsp3) is 0.955. The Balaban J connectivity index is 1.60. The average Bonchev–Trinajstić information content (AvgIpc) is 2.85. The predicted octanol–water partition coefficient (Wildman–Crippen LogP) is 4.84. The van der Waals surface area contributed by atoms with Gasteiger partial charge in [-0.2, -0.15) is 0 Å². The first-order valence-corrected chi connectivity index (χ1v) is 10.5. The molecule has 0 aromatic carbocycles. The van der Waals surface area contributed by atoms with E-state index in [-0.39, 0.29) is 5.41 Å². The van der Waals surface area contributed by atoms with E-state index in [1.165, 1.54) is 32.1 Å². The molecule has 0 bridgehead atoms. The largest absolute Gasteiger partial charge is 0.390 e. The minimum atomic E-state index is -0.432. The molecule has 2 heteroatoms. The Labute approximate surface area is 147 Å². The van der Waals surface area contributed by atoms with E-state index in [4.69, 9.17) is 0 Å². The minimum Gasteiger partial charge on any atom is -0.390 e. The summed E-state index contributed by atoms with van der Waals surface area (Å²) in [6, 6.07) is 0. The van der Waals surface area contributed by atoms with E-state index in [0.717, 1.165) is 54.8 Å². The predicted molar refractivity (Wildman–Crippen MR) is 96.5 cm³/mol. The molecular weight excluding hydrogens is 296 g/mol. The van der Waals surface area contributed by atoms with Crippen molar-refractivity contribution in [1.82, 2.24) is 0 Å². The number of hydrogen-bond donors (Lipinski definition) is 1. The van der Waals surface area contributed by atoms with Crippen LogP contribution in [0.5, 0.6) is 0 Å². The fourth-order valence-electron chi connectivity index (χ4n) is 8.07. The number of aliphatic hydroxyl groups is 1. The van der Waals surface area contributed by atoms with Crippen molar-refractivity contribution in [2.75, 3.05) is 0 Å². The molecule has 0 spiro atoms. The lowest BCUT2D eigenvalue weighted by molar-refractivity contribution is -0.134. The van der Waals surface area contributed by atoms with Gasteiger partial charge in [-0.15, -0.1) is 0 Å². The lowest BCUT2D eigenvalue weighted by Gasteiger charge is -2.58. The molecule has 2 nitrogen and oxygen atoms in total. The molecule has 4 rings (SSSR count). The summed E-state index contributed by atoms with van der Waals surface area (Å²) in [4.78, 5) is 12.2. The number of hydrogen-bond acceptors (Lipinski definition) is 2.